The van der Waals surface area contributed by atoms with Gasteiger partial charge in [0.15, 0.2) is 0 Å². The van der Waals surface area contributed by atoms with E-state index in [1.165, 1.54) is 12.0 Å². The fraction of sp³-hybridized carbons (Fsp3) is 0.385. The van der Waals surface area contributed by atoms with Crippen LogP contribution in [0.2, 0.25) is 0 Å². The second kappa shape index (κ2) is 6.63. The Morgan fingerprint density at radius 2 is 2.11 bits per heavy atom. The van der Waals surface area contributed by atoms with Crippen LogP contribution in [0.15, 0.2) is 24.3 Å². The summed E-state index contributed by atoms with van der Waals surface area (Å²) in [4.78, 5) is 24.7. The van der Waals surface area contributed by atoms with E-state index in [0.717, 1.165) is 0 Å². The van der Waals surface area contributed by atoms with Gasteiger partial charge in [0.1, 0.15) is 6.54 Å². The lowest BCUT2D eigenvalue weighted by atomic mass is 10.3. The van der Waals surface area contributed by atoms with E-state index >= 15 is 0 Å². The average Bonchev–Trinajstić information content (AvgIpc) is 2.35. The third-order valence-electron chi connectivity index (χ3n) is 2.55. The normalized spacial score (nSPS) is 10.1. The lowest BCUT2D eigenvalue weighted by Gasteiger charge is -2.25. The molecule has 0 aliphatic heterocycles. The summed E-state index contributed by atoms with van der Waals surface area (Å²) in [6, 6.07) is 6.35. The third-order valence-corrected chi connectivity index (χ3v) is 2.55. The van der Waals surface area contributed by atoms with Crippen LogP contribution >= 0.6 is 0 Å². The van der Waals surface area contributed by atoms with E-state index in [4.69, 9.17) is 5.73 Å². The first-order valence-corrected chi connectivity index (χ1v) is 5.94. The van der Waals surface area contributed by atoms with Crippen molar-refractivity contribution in [3.63, 3.8) is 0 Å². The zero-order chi connectivity index (χ0) is 14.4. The second-order valence-corrected chi connectivity index (χ2v) is 4.35. The Balaban J connectivity index is 2.75. The van der Waals surface area contributed by atoms with Crippen LogP contribution in [-0.4, -0.2) is 36.6 Å². The van der Waals surface area contributed by atoms with Crippen LogP contribution in [-0.2, 0) is 9.53 Å². The maximum Gasteiger partial charge on any atom is 0.325 e. The van der Waals surface area contributed by atoms with Gasteiger partial charge in [0.2, 0.25) is 0 Å². The van der Waals surface area contributed by atoms with E-state index < -0.39 is 5.97 Å². The number of carbonyl (C=O) groups excluding carboxylic acids is 2. The summed E-state index contributed by atoms with van der Waals surface area (Å²) in [6.07, 6.45) is 0. The second-order valence-electron chi connectivity index (χ2n) is 4.35. The summed E-state index contributed by atoms with van der Waals surface area (Å²) in [7, 11) is 1.29. The van der Waals surface area contributed by atoms with Crippen LogP contribution in [0.1, 0.15) is 13.8 Å². The van der Waals surface area contributed by atoms with Gasteiger partial charge in [-0.25, -0.2) is 4.79 Å². The van der Waals surface area contributed by atoms with Gasteiger partial charge in [-0.3, -0.25) is 4.79 Å². The number of urea groups is 1. The lowest BCUT2D eigenvalue weighted by Crippen LogP contribution is -2.43. The molecule has 1 aromatic rings. The molecule has 0 heterocycles. The first kappa shape index (κ1) is 14.8. The van der Waals surface area contributed by atoms with Crippen molar-refractivity contribution in [2.75, 3.05) is 24.7 Å². The molecule has 6 heteroatoms. The molecule has 19 heavy (non-hydrogen) atoms. The summed E-state index contributed by atoms with van der Waals surface area (Å²) in [5, 5.41) is 2.69. The molecule has 1 rings (SSSR count). The highest BCUT2D eigenvalue weighted by Gasteiger charge is 2.20. The van der Waals surface area contributed by atoms with Crippen molar-refractivity contribution in [3.05, 3.63) is 24.3 Å². The van der Waals surface area contributed by atoms with Crippen molar-refractivity contribution < 1.29 is 14.3 Å². The largest absolute Gasteiger partial charge is 0.468 e. The molecule has 0 radical (unpaired) electrons. The number of nitrogens with one attached hydrogen (secondary N) is 1. The predicted octanol–water partition coefficient (Wildman–Crippen LogP) is 1.68. The van der Waals surface area contributed by atoms with Crippen molar-refractivity contribution >= 4 is 23.4 Å². The zero-order valence-corrected chi connectivity index (χ0v) is 11.3. The van der Waals surface area contributed by atoms with Crippen molar-refractivity contribution in [1.82, 2.24) is 4.90 Å². The van der Waals surface area contributed by atoms with E-state index in [1.54, 1.807) is 24.3 Å². The summed E-state index contributed by atoms with van der Waals surface area (Å²) >= 11 is 0. The summed E-state index contributed by atoms with van der Waals surface area (Å²) in [5.41, 5.74) is 6.77. The van der Waals surface area contributed by atoms with Crippen molar-refractivity contribution in [1.29, 1.82) is 0 Å². The number of hydrogen-bond acceptors (Lipinski definition) is 4. The number of carbonyl (C=O) groups is 2. The molecular formula is C13H19N3O3. The van der Waals surface area contributed by atoms with Crippen LogP contribution in [0, 0.1) is 0 Å². The topological polar surface area (TPSA) is 84.7 Å². The molecule has 0 saturated carbocycles. The zero-order valence-electron chi connectivity index (χ0n) is 11.3. The number of nitrogens with zero attached hydrogens (tertiary/aromatic N) is 1. The number of rotatable bonds is 4. The van der Waals surface area contributed by atoms with Crippen LogP contribution in [0.25, 0.3) is 0 Å². The molecule has 104 valence electrons. The Kier molecular flexibility index (Phi) is 5.17. The van der Waals surface area contributed by atoms with Gasteiger partial charge in [-0.05, 0) is 32.0 Å². The molecule has 0 aliphatic carbocycles. The first-order valence-electron chi connectivity index (χ1n) is 5.94. The molecule has 0 aliphatic rings. The molecule has 0 saturated heterocycles. The van der Waals surface area contributed by atoms with Gasteiger partial charge in [-0.15, -0.1) is 0 Å². The Bertz CT molecular complexity index is 460. The molecule has 1 aromatic carbocycles. The van der Waals surface area contributed by atoms with E-state index in [-0.39, 0.29) is 18.6 Å². The first-order chi connectivity index (χ1) is 8.93. The molecule has 0 bridgehead atoms. The SMILES string of the molecule is COC(=O)CN(C(=O)Nc1cccc(N)c1)C(C)C. The number of nitrogens with two attached hydrogens (primary N) is 1. The minimum atomic E-state index is -0.462. The maximum absolute atomic E-state index is 12.1. The standard InChI is InChI=1S/C13H19N3O3/c1-9(2)16(8-12(17)19-3)13(18)15-11-6-4-5-10(14)7-11/h4-7,9H,8,14H2,1-3H3,(H,15,18). The number of nitrogen functional groups attached to an aromatic ring is 1. The minimum absolute atomic E-state index is 0.0949. The number of hydrogen-bond donors (Lipinski definition) is 2. The quantitative estimate of drug-likeness (QED) is 0.640. The average molecular weight is 265 g/mol. The van der Waals surface area contributed by atoms with Crippen LogP contribution in [0.4, 0.5) is 16.2 Å². The van der Waals surface area contributed by atoms with Gasteiger partial charge in [-0.2, -0.15) is 0 Å². The van der Waals surface area contributed by atoms with Gasteiger partial charge in [-0.1, -0.05) is 6.07 Å². The van der Waals surface area contributed by atoms with Gasteiger partial charge < -0.3 is 20.7 Å². The molecule has 0 fully saturated rings. The van der Waals surface area contributed by atoms with Gasteiger partial charge in [0.05, 0.1) is 7.11 Å². The maximum atomic E-state index is 12.1. The van der Waals surface area contributed by atoms with E-state index in [0.29, 0.717) is 11.4 Å². The highest BCUT2D eigenvalue weighted by atomic mass is 16.5. The predicted molar refractivity (Wildman–Crippen MR) is 73.7 cm³/mol. The summed E-state index contributed by atoms with van der Waals surface area (Å²) in [6.45, 7) is 3.55. The number of anilines is 2. The lowest BCUT2D eigenvalue weighted by molar-refractivity contribution is -0.141. The molecule has 6 nitrogen and oxygen atoms in total. The smallest absolute Gasteiger partial charge is 0.325 e. The molecular weight excluding hydrogens is 246 g/mol. The van der Waals surface area contributed by atoms with E-state index in [9.17, 15) is 9.59 Å². The Morgan fingerprint density at radius 3 is 2.63 bits per heavy atom. The molecule has 3 N–H and O–H groups in total. The Morgan fingerprint density at radius 1 is 1.42 bits per heavy atom. The number of amides is 2. The fourth-order valence-corrected chi connectivity index (χ4v) is 1.50. The highest BCUT2D eigenvalue weighted by Crippen LogP contribution is 2.13. The number of benzene rings is 1. The third kappa shape index (κ3) is 4.50. The molecule has 2 amide bonds. The summed E-state index contributed by atoms with van der Waals surface area (Å²) in [5.74, 6) is -0.462. The molecule has 0 atom stereocenters. The van der Waals surface area contributed by atoms with E-state index in [2.05, 4.69) is 10.1 Å². The van der Waals surface area contributed by atoms with Crippen LogP contribution in [0.5, 0.6) is 0 Å². The Labute approximate surface area is 112 Å². The summed E-state index contributed by atoms with van der Waals surface area (Å²) < 4.78 is 4.57. The highest BCUT2D eigenvalue weighted by molar-refractivity contribution is 5.92. The van der Waals surface area contributed by atoms with Crippen molar-refractivity contribution in [2.45, 2.75) is 19.9 Å². The Hall–Kier alpha value is -2.24. The molecule has 0 unspecified atom stereocenters. The molecule has 0 spiro atoms. The van der Waals surface area contributed by atoms with Crippen LogP contribution in [0.3, 0.4) is 0 Å². The van der Waals surface area contributed by atoms with Crippen molar-refractivity contribution in [2.24, 2.45) is 0 Å². The molecule has 0 aromatic heterocycles. The number of ether oxygens (including phenoxy) is 1. The van der Waals surface area contributed by atoms with Gasteiger partial charge >= 0.3 is 12.0 Å². The number of methoxy groups -OCH3 is 1. The van der Waals surface area contributed by atoms with Gasteiger partial charge in [0, 0.05) is 17.4 Å². The van der Waals surface area contributed by atoms with E-state index in [1.807, 2.05) is 13.8 Å². The van der Waals surface area contributed by atoms with Crippen LogP contribution < -0.4 is 11.1 Å². The fourth-order valence-electron chi connectivity index (χ4n) is 1.50. The minimum Gasteiger partial charge on any atom is -0.468 e. The van der Waals surface area contributed by atoms with Gasteiger partial charge in [0.25, 0.3) is 0 Å². The van der Waals surface area contributed by atoms with Crippen molar-refractivity contribution in [3.8, 4) is 0 Å². The number of esters is 1. The monoisotopic (exact) mass is 265 g/mol.